The van der Waals surface area contributed by atoms with Gasteiger partial charge in [-0.25, -0.2) is 9.50 Å². The van der Waals surface area contributed by atoms with E-state index < -0.39 is 23.5 Å². The van der Waals surface area contributed by atoms with Crippen molar-refractivity contribution in [3.8, 4) is 23.0 Å². The number of anilines is 1. The molecular weight excluding hydrogens is 488 g/mol. The molecule has 0 bridgehead atoms. The first kappa shape index (κ1) is 22.7. The summed E-state index contributed by atoms with van der Waals surface area (Å²) in [4.78, 5) is 17.0. The lowest BCUT2D eigenvalue weighted by molar-refractivity contribution is -0.142. The van der Waals surface area contributed by atoms with E-state index in [4.69, 9.17) is 37.1 Å². The van der Waals surface area contributed by atoms with Crippen LogP contribution in [-0.2, 0) is 6.18 Å². The van der Waals surface area contributed by atoms with Gasteiger partial charge < -0.3 is 19.2 Å². The number of halogens is 5. The Labute approximate surface area is 193 Å². The molecule has 1 aromatic carbocycles. The first-order chi connectivity index (χ1) is 15.6. The summed E-state index contributed by atoms with van der Waals surface area (Å²) < 4.78 is 57.1. The summed E-state index contributed by atoms with van der Waals surface area (Å²) >= 11 is 12.3. The molecule has 4 rings (SSSR count). The summed E-state index contributed by atoms with van der Waals surface area (Å²) in [6.45, 7) is 0. The van der Waals surface area contributed by atoms with Crippen LogP contribution in [0.2, 0.25) is 10.0 Å². The van der Waals surface area contributed by atoms with Crippen LogP contribution >= 0.6 is 23.2 Å². The zero-order valence-corrected chi connectivity index (χ0v) is 18.3. The first-order valence-electron chi connectivity index (χ1n) is 9.07. The zero-order valence-electron chi connectivity index (χ0n) is 16.8. The molecule has 172 valence electrons. The van der Waals surface area contributed by atoms with Gasteiger partial charge in [-0.1, -0.05) is 23.2 Å². The van der Waals surface area contributed by atoms with Gasteiger partial charge in [0.1, 0.15) is 22.2 Å². The second-order valence-corrected chi connectivity index (χ2v) is 7.33. The third-order valence-electron chi connectivity index (χ3n) is 4.53. The van der Waals surface area contributed by atoms with Crippen LogP contribution < -0.4 is 14.8 Å². The van der Waals surface area contributed by atoms with E-state index in [-0.39, 0.29) is 44.3 Å². The number of fused-ring (bicyclic) bond motifs is 1. The number of carbonyl (C=O) groups is 1. The lowest BCUT2D eigenvalue weighted by Gasteiger charge is -2.12. The van der Waals surface area contributed by atoms with Crippen LogP contribution in [0.25, 0.3) is 17.1 Å². The molecule has 1 N–H and O–H groups in total. The molecule has 0 saturated heterocycles. The minimum Gasteiger partial charge on any atom is -0.495 e. The van der Waals surface area contributed by atoms with Crippen molar-refractivity contribution < 1.29 is 31.9 Å². The summed E-state index contributed by atoms with van der Waals surface area (Å²) in [5.74, 6) is -0.397. The van der Waals surface area contributed by atoms with Gasteiger partial charge >= 0.3 is 6.18 Å². The van der Waals surface area contributed by atoms with Crippen LogP contribution in [0.15, 0.2) is 41.0 Å². The maximum absolute atomic E-state index is 13.7. The fourth-order valence-electron chi connectivity index (χ4n) is 3.03. The minimum atomic E-state index is -4.82. The lowest BCUT2D eigenvalue weighted by Crippen LogP contribution is -2.16. The highest BCUT2D eigenvalue weighted by molar-refractivity contribution is 6.37. The van der Waals surface area contributed by atoms with Gasteiger partial charge in [-0.3, -0.25) is 4.79 Å². The Hall–Kier alpha value is -3.44. The largest absolute Gasteiger partial charge is 0.495 e. The van der Waals surface area contributed by atoms with Crippen LogP contribution in [0, 0.1) is 0 Å². The molecule has 0 aliphatic heterocycles. The number of methoxy groups -OCH3 is 2. The highest BCUT2D eigenvalue weighted by atomic mass is 35.5. The number of ether oxygens (including phenoxy) is 2. The number of rotatable bonds is 5. The van der Waals surface area contributed by atoms with Gasteiger partial charge in [0.2, 0.25) is 0 Å². The Morgan fingerprint density at radius 3 is 2.48 bits per heavy atom. The highest BCUT2D eigenvalue weighted by Crippen LogP contribution is 2.37. The molecule has 0 saturated carbocycles. The van der Waals surface area contributed by atoms with E-state index in [2.05, 4.69) is 15.4 Å². The van der Waals surface area contributed by atoms with E-state index in [1.807, 2.05) is 0 Å². The zero-order chi connectivity index (χ0) is 23.9. The number of nitrogens with zero attached hydrogens (tertiary/aromatic N) is 3. The number of alkyl halides is 3. The third-order valence-corrected chi connectivity index (χ3v) is 5.18. The van der Waals surface area contributed by atoms with E-state index in [0.29, 0.717) is 4.52 Å². The van der Waals surface area contributed by atoms with Crippen LogP contribution in [-0.4, -0.2) is 34.7 Å². The Morgan fingerprint density at radius 1 is 1.15 bits per heavy atom. The molecule has 0 unspecified atom stereocenters. The van der Waals surface area contributed by atoms with Gasteiger partial charge in [-0.2, -0.15) is 18.3 Å². The Balaban J connectivity index is 1.82. The molecule has 3 aromatic heterocycles. The van der Waals surface area contributed by atoms with Gasteiger partial charge in [0.15, 0.2) is 22.8 Å². The Morgan fingerprint density at radius 2 is 1.88 bits per heavy atom. The molecule has 13 heteroatoms. The summed E-state index contributed by atoms with van der Waals surface area (Å²) in [7, 11) is 2.72. The van der Waals surface area contributed by atoms with Crippen molar-refractivity contribution in [1.29, 1.82) is 0 Å². The second kappa shape index (κ2) is 8.49. The highest BCUT2D eigenvalue weighted by Gasteiger charge is 2.37. The molecule has 1 amide bonds. The predicted octanol–water partition coefficient (Wildman–Crippen LogP) is 5.58. The molecule has 3 heterocycles. The fraction of sp³-hybridized carbons (Fsp3) is 0.150. The molecular formula is C20H13Cl2F3N4O4. The maximum atomic E-state index is 13.7. The van der Waals surface area contributed by atoms with E-state index in [1.54, 1.807) is 0 Å². The molecule has 4 aromatic rings. The van der Waals surface area contributed by atoms with Crippen molar-refractivity contribution >= 4 is 40.4 Å². The fourth-order valence-corrected chi connectivity index (χ4v) is 3.51. The van der Waals surface area contributed by atoms with Crippen molar-refractivity contribution in [3.05, 3.63) is 58.0 Å². The molecule has 33 heavy (non-hydrogen) atoms. The number of amides is 1. The number of hydrogen-bond acceptors (Lipinski definition) is 6. The van der Waals surface area contributed by atoms with Crippen molar-refractivity contribution in [2.45, 2.75) is 6.18 Å². The summed E-state index contributed by atoms with van der Waals surface area (Å²) in [5, 5.41) is 6.11. The van der Waals surface area contributed by atoms with Gasteiger partial charge in [0.25, 0.3) is 5.91 Å². The van der Waals surface area contributed by atoms with Gasteiger partial charge in [-0.15, -0.1) is 0 Å². The number of benzene rings is 1. The number of furan rings is 1. The van der Waals surface area contributed by atoms with E-state index in [0.717, 1.165) is 6.07 Å². The minimum absolute atomic E-state index is 0.0873. The van der Waals surface area contributed by atoms with Gasteiger partial charge in [0.05, 0.1) is 31.2 Å². The molecule has 8 nitrogen and oxygen atoms in total. The molecule has 0 atom stereocenters. The summed E-state index contributed by atoms with van der Waals surface area (Å²) in [6, 6.07) is 6.48. The Bertz CT molecular complexity index is 1350. The van der Waals surface area contributed by atoms with E-state index in [1.165, 1.54) is 44.7 Å². The quantitative estimate of drug-likeness (QED) is 0.384. The van der Waals surface area contributed by atoms with Crippen LogP contribution in [0.4, 0.5) is 18.9 Å². The number of aromatic nitrogens is 3. The normalized spacial score (nSPS) is 11.6. The van der Waals surface area contributed by atoms with Crippen molar-refractivity contribution in [2.24, 2.45) is 0 Å². The number of hydrogen-bond donors (Lipinski definition) is 1. The van der Waals surface area contributed by atoms with Gasteiger partial charge in [0, 0.05) is 12.1 Å². The Kier molecular flexibility index (Phi) is 5.85. The average molecular weight is 501 g/mol. The SMILES string of the molecule is COc1cc(NC(=O)c2nn3c(C(F)(F)F)cc(-c4ccco4)nc3c2Cl)c(OC)cc1Cl. The molecule has 0 radical (unpaired) electrons. The number of nitrogens with one attached hydrogen (secondary N) is 1. The monoisotopic (exact) mass is 500 g/mol. The standard InChI is InChI=1S/C20H13Cl2F3N4O4/c1-31-13-7-10(14(32-2)6-9(13)21)27-19(30)17-16(22)18-26-11(12-4-3-5-33-12)8-15(20(23,24)25)29(18)28-17/h3-8H,1-2H3,(H,27,30). The summed E-state index contributed by atoms with van der Waals surface area (Å²) in [5.41, 5.74) is -2.04. The van der Waals surface area contributed by atoms with Crippen LogP contribution in [0.3, 0.4) is 0 Å². The second-order valence-electron chi connectivity index (χ2n) is 6.54. The van der Waals surface area contributed by atoms with Gasteiger partial charge in [-0.05, 0) is 18.2 Å². The smallest absolute Gasteiger partial charge is 0.433 e. The van der Waals surface area contributed by atoms with E-state index in [9.17, 15) is 18.0 Å². The first-order valence-corrected chi connectivity index (χ1v) is 9.82. The predicted molar refractivity (Wildman–Crippen MR) is 113 cm³/mol. The van der Waals surface area contributed by atoms with Crippen molar-refractivity contribution in [1.82, 2.24) is 14.6 Å². The molecule has 0 aliphatic rings. The topological polar surface area (TPSA) is 90.9 Å². The van der Waals surface area contributed by atoms with Crippen molar-refractivity contribution in [3.63, 3.8) is 0 Å². The lowest BCUT2D eigenvalue weighted by atomic mass is 10.2. The molecule has 0 aliphatic carbocycles. The number of carbonyl (C=O) groups excluding carboxylic acids is 1. The van der Waals surface area contributed by atoms with E-state index >= 15 is 0 Å². The van der Waals surface area contributed by atoms with Crippen LogP contribution in [0.5, 0.6) is 11.5 Å². The molecule has 0 spiro atoms. The van der Waals surface area contributed by atoms with Crippen LogP contribution in [0.1, 0.15) is 16.2 Å². The third kappa shape index (κ3) is 4.16. The average Bonchev–Trinajstić information content (AvgIpc) is 3.42. The molecule has 0 fully saturated rings. The van der Waals surface area contributed by atoms with Crippen molar-refractivity contribution in [2.75, 3.05) is 19.5 Å². The maximum Gasteiger partial charge on any atom is 0.433 e. The summed E-state index contributed by atoms with van der Waals surface area (Å²) in [6.07, 6.45) is -3.53.